The molecule has 4 rings (SSSR count). The summed E-state index contributed by atoms with van der Waals surface area (Å²) in [6.07, 6.45) is 6.19. The van der Waals surface area contributed by atoms with Crippen LogP contribution in [0.4, 0.5) is 0 Å². The lowest BCUT2D eigenvalue weighted by Gasteiger charge is -2.53. The lowest BCUT2D eigenvalue weighted by Crippen LogP contribution is -2.51. The van der Waals surface area contributed by atoms with Gasteiger partial charge in [0, 0.05) is 17.4 Å². The van der Waals surface area contributed by atoms with Crippen molar-refractivity contribution in [1.82, 2.24) is 0 Å². The van der Waals surface area contributed by atoms with Gasteiger partial charge in [-0.15, -0.1) is 0 Å². The molecule has 3 aliphatic carbocycles. The van der Waals surface area contributed by atoms with Crippen LogP contribution in [-0.4, -0.2) is 28.2 Å². The molecule has 0 bridgehead atoms. The van der Waals surface area contributed by atoms with E-state index in [-0.39, 0.29) is 23.2 Å². The molecule has 130 valence electrons. The van der Waals surface area contributed by atoms with E-state index in [1.165, 1.54) is 5.57 Å². The van der Waals surface area contributed by atoms with Crippen LogP contribution in [0.2, 0.25) is 0 Å². The molecule has 6 atom stereocenters. The predicted molar refractivity (Wildman–Crippen MR) is 89.5 cm³/mol. The Balaban J connectivity index is 1.65. The second kappa shape index (κ2) is 5.57. The molecule has 24 heavy (non-hydrogen) atoms. The lowest BCUT2D eigenvalue weighted by atomic mass is 9.51. The van der Waals surface area contributed by atoms with Gasteiger partial charge in [0.2, 0.25) is 0 Å². The Morgan fingerprint density at radius 1 is 1.25 bits per heavy atom. The number of carbonyl (C=O) groups is 1. The molecule has 4 nitrogen and oxygen atoms in total. The van der Waals surface area contributed by atoms with E-state index in [9.17, 15) is 15.0 Å². The van der Waals surface area contributed by atoms with Gasteiger partial charge < -0.3 is 14.6 Å². The number of aliphatic hydroxyl groups excluding tert-OH is 2. The summed E-state index contributed by atoms with van der Waals surface area (Å²) >= 11 is 0. The molecule has 2 saturated carbocycles. The summed E-state index contributed by atoms with van der Waals surface area (Å²) in [5.74, 6) is 1.42. The van der Waals surface area contributed by atoms with Crippen molar-refractivity contribution in [2.24, 2.45) is 17.3 Å². The number of hydrogen-bond donors (Lipinski definition) is 2. The molecule has 1 heterocycles. The quantitative estimate of drug-likeness (QED) is 0.776. The van der Waals surface area contributed by atoms with Gasteiger partial charge >= 0.3 is 0 Å². The molecule has 2 N–H and O–H groups in total. The smallest absolute Gasteiger partial charge is 0.144 e. The van der Waals surface area contributed by atoms with E-state index in [1.54, 1.807) is 6.26 Å². The molecule has 1 aromatic heterocycles. The van der Waals surface area contributed by atoms with E-state index >= 15 is 0 Å². The summed E-state index contributed by atoms with van der Waals surface area (Å²) in [6, 6.07) is 1.94. The SMILES string of the molecule is Cc1occc1C1CCC2C(CC=C3CC(O)C(O)CC32C)C1=O. The maximum absolute atomic E-state index is 13.2. The number of rotatable bonds is 1. The Hall–Kier alpha value is -1.39. The van der Waals surface area contributed by atoms with Gasteiger partial charge in [0.15, 0.2) is 0 Å². The fraction of sp³-hybridized carbons (Fsp3) is 0.650. The number of aliphatic hydroxyl groups is 2. The van der Waals surface area contributed by atoms with Crippen LogP contribution in [0.25, 0.3) is 0 Å². The highest BCUT2D eigenvalue weighted by atomic mass is 16.3. The summed E-state index contributed by atoms with van der Waals surface area (Å²) in [5, 5.41) is 20.2. The molecule has 6 unspecified atom stereocenters. The third-order valence-electron chi connectivity index (χ3n) is 6.91. The third-order valence-corrected chi connectivity index (χ3v) is 6.91. The van der Waals surface area contributed by atoms with Crippen molar-refractivity contribution in [3.8, 4) is 0 Å². The number of fused-ring (bicyclic) bond motifs is 3. The number of furan rings is 1. The molecule has 2 fully saturated rings. The fourth-order valence-electron chi connectivity index (χ4n) is 5.53. The molecule has 0 saturated heterocycles. The van der Waals surface area contributed by atoms with Gasteiger partial charge in [0.25, 0.3) is 0 Å². The number of Topliss-reactive ketones (excluding diaryl/α,β-unsaturated/α-hetero) is 1. The van der Waals surface area contributed by atoms with Crippen molar-refractivity contribution in [1.29, 1.82) is 0 Å². The van der Waals surface area contributed by atoms with Gasteiger partial charge in [0.1, 0.15) is 11.5 Å². The summed E-state index contributed by atoms with van der Waals surface area (Å²) < 4.78 is 5.41. The Morgan fingerprint density at radius 3 is 2.75 bits per heavy atom. The Labute approximate surface area is 142 Å². The number of hydrogen-bond acceptors (Lipinski definition) is 4. The number of carbonyl (C=O) groups excluding carboxylic acids is 1. The molecular weight excluding hydrogens is 304 g/mol. The van der Waals surface area contributed by atoms with Gasteiger partial charge in [-0.2, -0.15) is 0 Å². The maximum atomic E-state index is 13.2. The first-order chi connectivity index (χ1) is 11.4. The second-order valence-electron chi connectivity index (χ2n) is 8.10. The van der Waals surface area contributed by atoms with Crippen LogP contribution in [0.15, 0.2) is 28.4 Å². The predicted octanol–water partition coefficient (Wildman–Crippen LogP) is 3.12. The van der Waals surface area contributed by atoms with E-state index in [2.05, 4.69) is 13.0 Å². The molecule has 0 radical (unpaired) electrons. The molecule has 0 amide bonds. The van der Waals surface area contributed by atoms with E-state index in [0.717, 1.165) is 30.6 Å². The van der Waals surface area contributed by atoms with Crippen molar-refractivity contribution < 1.29 is 19.4 Å². The molecule has 0 aliphatic heterocycles. The summed E-state index contributed by atoms with van der Waals surface area (Å²) in [5.41, 5.74) is 2.12. The van der Waals surface area contributed by atoms with Crippen LogP contribution in [0.3, 0.4) is 0 Å². The highest BCUT2D eigenvalue weighted by Crippen LogP contribution is 2.57. The minimum absolute atomic E-state index is 0.0224. The van der Waals surface area contributed by atoms with Gasteiger partial charge in [-0.3, -0.25) is 4.79 Å². The first-order valence-corrected chi connectivity index (χ1v) is 9.05. The average Bonchev–Trinajstić information content (AvgIpc) is 2.95. The monoisotopic (exact) mass is 330 g/mol. The standard InChI is InChI=1S/C20H26O4/c1-11-13(7-8-24-11)14-5-6-16-15(19(14)23)4-3-12-9-17(21)18(22)10-20(12,16)2/h3,7-8,14-18,21-22H,4-6,9-10H2,1-2H3. The molecule has 0 spiro atoms. The minimum Gasteiger partial charge on any atom is -0.469 e. The maximum Gasteiger partial charge on any atom is 0.144 e. The molecule has 1 aromatic rings. The molecular formula is C20H26O4. The van der Waals surface area contributed by atoms with Crippen molar-refractivity contribution in [2.75, 3.05) is 0 Å². The Bertz CT molecular complexity index is 688. The Morgan fingerprint density at radius 2 is 2.04 bits per heavy atom. The van der Waals surface area contributed by atoms with Gasteiger partial charge in [-0.25, -0.2) is 0 Å². The Kier molecular flexibility index (Phi) is 3.73. The summed E-state index contributed by atoms with van der Waals surface area (Å²) in [7, 11) is 0. The van der Waals surface area contributed by atoms with Crippen molar-refractivity contribution in [3.63, 3.8) is 0 Å². The lowest BCUT2D eigenvalue weighted by molar-refractivity contribution is -0.133. The molecule has 3 aliphatic rings. The average molecular weight is 330 g/mol. The summed E-state index contributed by atoms with van der Waals surface area (Å²) in [6.45, 7) is 4.11. The highest BCUT2D eigenvalue weighted by Gasteiger charge is 2.53. The van der Waals surface area contributed by atoms with Crippen molar-refractivity contribution in [2.45, 2.75) is 64.1 Å². The number of ketones is 1. The number of allylic oxidation sites excluding steroid dienone is 1. The van der Waals surface area contributed by atoms with Crippen LogP contribution in [0.1, 0.15) is 56.3 Å². The fourth-order valence-corrected chi connectivity index (χ4v) is 5.53. The zero-order valence-electron chi connectivity index (χ0n) is 14.4. The van der Waals surface area contributed by atoms with Gasteiger partial charge in [-0.05, 0) is 56.4 Å². The van der Waals surface area contributed by atoms with Gasteiger partial charge in [0.05, 0.1) is 18.5 Å². The van der Waals surface area contributed by atoms with Crippen LogP contribution < -0.4 is 0 Å². The van der Waals surface area contributed by atoms with Gasteiger partial charge in [-0.1, -0.05) is 18.6 Å². The van der Waals surface area contributed by atoms with Crippen LogP contribution in [0, 0.1) is 24.2 Å². The minimum atomic E-state index is -0.685. The van der Waals surface area contributed by atoms with Crippen molar-refractivity contribution in [3.05, 3.63) is 35.3 Å². The molecule has 0 aromatic carbocycles. The van der Waals surface area contributed by atoms with Crippen molar-refractivity contribution >= 4 is 5.78 Å². The largest absolute Gasteiger partial charge is 0.469 e. The first-order valence-electron chi connectivity index (χ1n) is 9.05. The van der Waals surface area contributed by atoms with E-state index < -0.39 is 12.2 Å². The zero-order chi connectivity index (χ0) is 17.1. The highest BCUT2D eigenvalue weighted by molar-refractivity contribution is 5.89. The normalized spacial score (nSPS) is 42.2. The first kappa shape index (κ1) is 16.1. The second-order valence-corrected chi connectivity index (χ2v) is 8.10. The van der Waals surface area contributed by atoms with Crippen LogP contribution >= 0.6 is 0 Å². The van der Waals surface area contributed by atoms with E-state index in [0.29, 0.717) is 18.6 Å². The topological polar surface area (TPSA) is 70.7 Å². The third kappa shape index (κ3) is 2.23. The van der Waals surface area contributed by atoms with E-state index in [1.807, 2.05) is 13.0 Å². The van der Waals surface area contributed by atoms with E-state index in [4.69, 9.17) is 4.42 Å². The zero-order valence-corrected chi connectivity index (χ0v) is 14.4. The van der Waals surface area contributed by atoms with Crippen LogP contribution in [0.5, 0.6) is 0 Å². The number of aryl methyl sites for hydroxylation is 1. The summed E-state index contributed by atoms with van der Waals surface area (Å²) in [4.78, 5) is 13.2. The van der Waals surface area contributed by atoms with Crippen LogP contribution in [-0.2, 0) is 4.79 Å². The molecule has 4 heteroatoms.